The van der Waals surface area contributed by atoms with Crippen LogP contribution in [0.1, 0.15) is 13.8 Å². The molecule has 2 heterocycles. The lowest BCUT2D eigenvalue weighted by atomic mass is 10.1. The summed E-state index contributed by atoms with van der Waals surface area (Å²) in [6, 6.07) is 16.9. The maximum atomic E-state index is 12.8. The molecule has 1 aromatic heterocycles. The SMILES string of the molecule is CCN(CC)c1ccc2nc3cc(-c4nc5ccccc5[nH]4)c(=O)cc-3oc2c1. The molecule has 1 aliphatic carbocycles. The number of rotatable bonds is 4. The number of nitrogens with one attached hydrogen (secondary N) is 1. The van der Waals surface area contributed by atoms with Crippen molar-refractivity contribution < 1.29 is 4.42 Å². The fourth-order valence-corrected chi connectivity index (χ4v) is 3.69. The number of imidazole rings is 1. The number of aromatic nitrogens is 3. The summed E-state index contributed by atoms with van der Waals surface area (Å²) in [5, 5.41) is 0. The lowest BCUT2D eigenvalue weighted by Crippen LogP contribution is -2.21. The van der Waals surface area contributed by atoms with Gasteiger partial charge in [-0.25, -0.2) is 9.97 Å². The predicted octanol–water partition coefficient (Wildman–Crippen LogP) is 4.68. The van der Waals surface area contributed by atoms with E-state index >= 15 is 0 Å². The van der Waals surface area contributed by atoms with Crippen molar-refractivity contribution >= 4 is 27.8 Å². The highest BCUT2D eigenvalue weighted by molar-refractivity contribution is 5.83. The molecular weight excluding hydrogens is 364 g/mol. The molecule has 6 heteroatoms. The minimum absolute atomic E-state index is 0.152. The van der Waals surface area contributed by atoms with Gasteiger partial charge >= 0.3 is 0 Å². The number of para-hydroxylation sites is 2. The van der Waals surface area contributed by atoms with Crippen molar-refractivity contribution in [2.75, 3.05) is 18.0 Å². The van der Waals surface area contributed by atoms with Gasteiger partial charge in [0.25, 0.3) is 0 Å². The molecule has 0 spiro atoms. The Bertz CT molecular complexity index is 1330. The van der Waals surface area contributed by atoms with Crippen LogP contribution in [0, 0.1) is 0 Å². The number of aromatic amines is 1. The minimum atomic E-state index is -0.152. The molecule has 0 amide bonds. The fraction of sp³-hybridized carbons (Fsp3) is 0.174. The van der Waals surface area contributed by atoms with Crippen LogP contribution in [0.5, 0.6) is 0 Å². The highest BCUT2D eigenvalue weighted by Crippen LogP contribution is 2.29. The maximum Gasteiger partial charge on any atom is 0.193 e. The Morgan fingerprint density at radius 3 is 2.59 bits per heavy atom. The number of nitrogens with zero attached hydrogens (tertiary/aromatic N) is 3. The molecule has 29 heavy (non-hydrogen) atoms. The van der Waals surface area contributed by atoms with Gasteiger partial charge in [0.1, 0.15) is 17.0 Å². The summed E-state index contributed by atoms with van der Waals surface area (Å²) < 4.78 is 6.04. The van der Waals surface area contributed by atoms with E-state index in [-0.39, 0.29) is 5.43 Å². The molecule has 6 nitrogen and oxygen atoms in total. The topological polar surface area (TPSA) is 75.0 Å². The van der Waals surface area contributed by atoms with Crippen LogP contribution in [0.2, 0.25) is 0 Å². The number of benzene rings is 3. The van der Waals surface area contributed by atoms with Gasteiger partial charge in [-0.15, -0.1) is 0 Å². The van der Waals surface area contributed by atoms with Crippen LogP contribution in [-0.2, 0) is 0 Å². The van der Waals surface area contributed by atoms with Crippen LogP contribution in [-0.4, -0.2) is 28.0 Å². The third-order valence-corrected chi connectivity index (χ3v) is 5.24. The largest absolute Gasteiger partial charge is 0.453 e. The van der Waals surface area contributed by atoms with Crippen molar-refractivity contribution in [2.24, 2.45) is 0 Å². The second-order valence-electron chi connectivity index (χ2n) is 6.96. The van der Waals surface area contributed by atoms with E-state index in [2.05, 4.69) is 28.7 Å². The number of hydrogen-bond acceptors (Lipinski definition) is 5. The van der Waals surface area contributed by atoms with E-state index in [9.17, 15) is 4.79 Å². The van der Waals surface area contributed by atoms with Crippen LogP contribution < -0.4 is 10.3 Å². The van der Waals surface area contributed by atoms with Crippen molar-refractivity contribution in [3.63, 3.8) is 0 Å². The van der Waals surface area contributed by atoms with Crippen LogP contribution in [0.25, 0.3) is 45.0 Å². The lowest BCUT2D eigenvalue weighted by Gasteiger charge is -2.21. The van der Waals surface area contributed by atoms with Crippen LogP contribution in [0.3, 0.4) is 0 Å². The first-order valence-corrected chi connectivity index (χ1v) is 9.75. The highest BCUT2D eigenvalue weighted by Gasteiger charge is 2.17. The average molecular weight is 384 g/mol. The van der Waals surface area contributed by atoms with Gasteiger partial charge in [-0.1, -0.05) is 12.1 Å². The number of hydrogen-bond donors (Lipinski definition) is 1. The van der Waals surface area contributed by atoms with Crippen molar-refractivity contribution in [3.8, 4) is 22.8 Å². The Morgan fingerprint density at radius 2 is 1.79 bits per heavy atom. The molecule has 0 bridgehead atoms. The van der Waals surface area contributed by atoms with E-state index in [0.717, 1.165) is 35.3 Å². The van der Waals surface area contributed by atoms with E-state index < -0.39 is 0 Å². The zero-order valence-electron chi connectivity index (χ0n) is 16.3. The van der Waals surface area contributed by atoms with Gasteiger partial charge in [0.2, 0.25) is 0 Å². The van der Waals surface area contributed by atoms with Gasteiger partial charge in [0.05, 0.1) is 16.6 Å². The summed E-state index contributed by atoms with van der Waals surface area (Å²) in [5.74, 6) is 1.01. The fourth-order valence-electron chi connectivity index (χ4n) is 3.69. The normalized spacial score (nSPS) is 11.5. The molecule has 5 rings (SSSR count). The van der Waals surface area contributed by atoms with Crippen molar-refractivity contribution in [2.45, 2.75) is 13.8 Å². The molecule has 0 radical (unpaired) electrons. The Labute approximate surface area is 167 Å². The zero-order chi connectivity index (χ0) is 20.0. The quantitative estimate of drug-likeness (QED) is 0.455. The first kappa shape index (κ1) is 17.4. The Balaban J connectivity index is 1.66. The average Bonchev–Trinajstić information content (AvgIpc) is 3.16. The molecule has 2 aromatic carbocycles. The Hall–Kier alpha value is -3.67. The van der Waals surface area contributed by atoms with Crippen LogP contribution in [0.15, 0.2) is 63.8 Å². The van der Waals surface area contributed by atoms with Gasteiger partial charge in [-0.3, -0.25) is 4.79 Å². The molecule has 1 N–H and O–H groups in total. The van der Waals surface area contributed by atoms with E-state index in [1.807, 2.05) is 42.5 Å². The maximum absolute atomic E-state index is 12.8. The monoisotopic (exact) mass is 384 g/mol. The smallest absolute Gasteiger partial charge is 0.193 e. The number of anilines is 1. The first-order chi connectivity index (χ1) is 14.2. The zero-order valence-corrected chi connectivity index (χ0v) is 16.3. The van der Waals surface area contributed by atoms with Crippen LogP contribution >= 0.6 is 0 Å². The number of fused-ring (bicyclic) bond motifs is 3. The lowest BCUT2D eigenvalue weighted by molar-refractivity contribution is 0.612. The Morgan fingerprint density at radius 1 is 0.966 bits per heavy atom. The molecule has 144 valence electrons. The van der Waals surface area contributed by atoms with Gasteiger partial charge in [0, 0.05) is 30.9 Å². The van der Waals surface area contributed by atoms with Gasteiger partial charge in [-0.05, 0) is 44.2 Å². The predicted molar refractivity (Wildman–Crippen MR) is 116 cm³/mol. The van der Waals surface area contributed by atoms with Crippen molar-refractivity contribution in [1.29, 1.82) is 0 Å². The summed E-state index contributed by atoms with van der Waals surface area (Å²) in [6.07, 6.45) is 0. The summed E-state index contributed by atoms with van der Waals surface area (Å²) in [6.45, 7) is 6.06. The van der Waals surface area contributed by atoms with Gasteiger partial charge in [0.15, 0.2) is 16.8 Å². The molecule has 0 atom stereocenters. The second kappa shape index (κ2) is 6.74. The summed E-state index contributed by atoms with van der Waals surface area (Å²) in [7, 11) is 0. The van der Waals surface area contributed by atoms with E-state index in [0.29, 0.717) is 28.4 Å². The molecule has 0 fully saturated rings. The third-order valence-electron chi connectivity index (χ3n) is 5.24. The molecular formula is C23H20N4O2. The third kappa shape index (κ3) is 2.93. The van der Waals surface area contributed by atoms with E-state index in [4.69, 9.17) is 9.40 Å². The Kier molecular flexibility index (Phi) is 4.05. The van der Waals surface area contributed by atoms with Crippen molar-refractivity contribution in [1.82, 2.24) is 15.0 Å². The van der Waals surface area contributed by atoms with Gasteiger partial charge in [-0.2, -0.15) is 0 Å². The highest BCUT2D eigenvalue weighted by atomic mass is 16.3. The molecule has 1 aliphatic heterocycles. The minimum Gasteiger partial charge on any atom is -0.453 e. The molecule has 0 saturated carbocycles. The van der Waals surface area contributed by atoms with E-state index in [1.54, 1.807) is 6.07 Å². The summed E-state index contributed by atoms with van der Waals surface area (Å²) in [4.78, 5) is 27.5. The van der Waals surface area contributed by atoms with Gasteiger partial charge < -0.3 is 14.3 Å². The van der Waals surface area contributed by atoms with Crippen LogP contribution in [0.4, 0.5) is 5.69 Å². The standard InChI is InChI=1S/C23H20N4O2/c1-3-27(4-2)14-9-10-18-21(11-14)29-22-13-20(28)15(12-19(22)24-18)23-25-16-7-5-6-8-17(16)26-23/h5-13H,3-4H2,1-2H3,(H,25,26). The van der Waals surface area contributed by atoms with E-state index in [1.165, 1.54) is 6.07 Å². The second-order valence-corrected chi connectivity index (χ2v) is 6.96. The number of H-pyrrole nitrogens is 1. The first-order valence-electron chi connectivity index (χ1n) is 9.75. The van der Waals surface area contributed by atoms with Crippen molar-refractivity contribution in [3.05, 3.63) is 64.8 Å². The molecule has 2 aliphatic rings. The summed E-state index contributed by atoms with van der Waals surface area (Å²) in [5.41, 5.74) is 5.17. The molecule has 0 unspecified atom stereocenters. The molecule has 3 aromatic rings. The molecule has 0 saturated heterocycles. The summed E-state index contributed by atoms with van der Waals surface area (Å²) >= 11 is 0.